The molecule has 1 aromatic rings. The average molecular weight is 264 g/mol. The Morgan fingerprint density at radius 1 is 1.47 bits per heavy atom. The first-order valence-electron chi connectivity index (χ1n) is 6.07. The Bertz CT molecular complexity index is 539. The van der Waals surface area contributed by atoms with Gasteiger partial charge in [-0.15, -0.1) is 0 Å². The number of para-hydroxylation sites is 1. The van der Waals surface area contributed by atoms with Crippen molar-refractivity contribution >= 4 is 17.3 Å². The van der Waals surface area contributed by atoms with Gasteiger partial charge in [0.2, 0.25) is 0 Å². The molecule has 1 heterocycles. The Morgan fingerprint density at radius 3 is 2.63 bits per heavy atom. The molecular weight excluding hydrogens is 248 g/mol. The summed E-state index contributed by atoms with van der Waals surface area (Å²) in [5.74, 6) is -1.27. The highest BCUT2D eigenvalue weighted by molar-refractivity contribution is 5.95. The zero-order chi connectivity index (χ0) is 14.2. The molecule has 1 saturated heterocycles. The molecule has 1 aliphatic heterocycles. The molecule has 0 atom stereocenters. The number of aromatic carboxylic acids is 1. The predicted octanol–water partition coefficient (Wildman–Crippen LogP) is 2.53. The van der Waals surface area contributed by atoms with Crippen LogP contribution < -0.4 is 4.90 Å². The largest absolute Gasteiger partial charge is 0.477 e. The normalized spacial score (nSPS) is 17.5. The van der Waals surface area contributed by atoms with Crippen LogP contribution in [0.4, 0.5) is 11.4 Å². The second-order valence-corrected chi connectivity index (χ2v) is 5.57. The Balaban J connectivity index is 2.49. The van der Waals surface area contributed by atoms with Gasteiger partial charge >= 0.3 is 11.7 Å². The lowest BCUT2D eigenvalue weighted by molar-refractivity contribution is -0.384. The fourth-order valence-corrected chi connectivity index (χ4v) is 2.47. The topological polar surface area (TPSA) is 83.7 Å². The number of hydrogen-bond acceptors (Lipinski definition) is 4. The van der Waals surface area contributed by atoms with E-state index in [4.69, 9.17) is 5.11 Å². The smallest absolute Gasteiger partial charge is 0.342 e. The van der Waals surface area contributed by atoms with Gasteiger partial charge in [0, 0.05) is 13.1 Å². The van der Waals surface area contributed by atoms with Gasteiger partial charge in [-0.1, -0.05) is 19.9 Å². The van der Waals surface area contributed by atoms with Crippen LogP contribution in [0.2, 0.25) is 0 Å². The lowest BCUT2D eigenvalue weighted by Gasteiger charge is -2.21. The van der Waals surface area contributed by atoms with E-state index in [-0.39, 0.29) is 16.7 Å². The third-order valence-electron chi connectivity index (χ3n) is 3.45. The highest BCUT2D eigenvalue weighted by atomic mass is 16.6. The minimum Gasteiger partial charge on any atom is -0.477 e. The number of nitro benzene ring substituents is 1. The molecule has 6 nitrogen and oxygen atoms in total. The van der Waals surface area contributed by atoms with E-state index in [1.165, 1.54) is 6.07 Å². The molecule has 6 heteroatoms. The second kappa shape index (κ2) is 4.53. The van der Waals surface area contributed by atoms with Crippen LogP contribution in [0.25, 0.3) is 0 Å². The van der Waals surface area contributed by atoms with Crippen molar-refractivity contribution in [2.75, 3.05) is 18.0 Å². The van der Waals surface area contributed by atoms with Crippen LogP contribution in [0.1, 0.15) is 30.6 Å². The van der Waals surface area contributed by atoms with Crippen molar-refractivity contribution in [1.82, 2.24) is 0 Å². The number of benzene rings is 1. The molecule has 0 unspecified atom stereocenters. The van der Waals surface area contributed by atoms with Crippen molar-refractivity contribution in [3.8, 4) is 0 Å². The van der Waals surface area contributed by atoms with Crippen LogP contribution in [-0.4, -0.2) is 29.1 Å². The number of carboxylic acid groups (broad SMARTS) is 1. The molecule has 0 spiro atoms. The first-order valence-corrected chi connectivity index (χ1v) is 6.07. The van der Waals surface area contributed by atoms with E-state index in [0.717, 1.165) is 6.42 Å². The third kappa shape index (κ3) is 2.52. The van der Waals surface area contributed by atoms with Crippen molar-refractivity contribution in [3.63, 3.8) is 0 Å². The second-order valence-electron chi connectivity index (χ2n) is 5.57. The minimum atomic E-state index is -1.27. The molecule has 0 amide bonds. The van der Waals surface area contributed by atoms with Crippen molar-refractivity contribution in [1.29, 1.82) is 0 Å². The molecule has 1 fully saturated rings. The number of rotatable bonds is 3. The number of carbonyl (C=O) groups is 1. The summed E-state index contributed by atoms with van der Waals surface area (Å²) in [6.07, 6.45) is 0.932. The van der Waals surface area contributed by atoms with Gasteiger partial charge in [0.1, 0.15) is 11.3 Å². The van der Waals surface area contributed by atoms with Gasteiger partial charge in [-0.3, -0.25) is 10.1 Å². The number of nitro groups is 1. The maximum atomic E-state index is 11.2. The molecule has 0 aromatic heterocycles. The number of hydrogen-bond donors (Lipinski definition) is 1. The van der Waals surface area contributed by atoms with Crippen molar-refractivity contribution in [2.24, 2.45) is 5.41 Å². The van der Waals surface area contributed by atoms with E-state index in [9.17, 15) is 14.9 Å². The van der Waals surface area contributed by atoms with Crippen molar-refractivity contribution in [3.05, 3.63) is 33.9 Å². The van der Waals surface area contributed by atoms with Gasteiger partial charge in [0.15, 0.2) is 0 Å². The van der Waals surface area contributed by atoms with E-state index in [0.29, 0.717) is 18.8 Å². The summed E-state index contributed by atoms with van der Waals surface area (Å²) in [5, 5.41) is 20.2. The van der Waals surface area contributed by atoms with E-state index in [1.807, 2.05) is 4.90 Å². The number of anilines is 1. The highest BCUT2D eigenvalue weighted by Crippen LogP contribution is 2.38. The van der Waals surface area contributed by atoms with Gasteiger partial charge in [0.05, 0.1) is 4.92 Å². The van der Waals surface area contributed by atoms with Gasteiger partial charge in [-0.25, -0.2) is 4.79 Å². The summed E-state index contributed by atoms with van der Waals surface area (Å²) in [4.78, 5) is 23.6. The van der Waals surface area contributed by atoms with Crippen LogP contribution in [0.15, 0.2) is 18.2 Å². The van der Waals surface area contributed by atoms with E-state index < -0.39 is 10.9 Å². The van der Waals surface area contributed by atoms with Crippen LogP contribution >= 0.6 is 0 Å². The van der Waals surface area contributed by atoms with Crippen LogP contribution in [0.3, 0.4) is 0 Å². The van der Waals surface area contributed by atoms with E-state index >= 15 is 0 Å². The molecule has 1 aliphatic rings. The predicted molar refractivity (Wildman–Crippen MR) is 70.7 cm³/mol. The number of nitrogens with zero attached hydrogens (tertiary/aromatic N) is 2. The fourth-order valence-electron chi connectivity index (χ4n) is 2.47. The molecular formula is C13H16N2O4. The molecule has 2 rings (SSSR count). The summed E-state index contributed by atoms with van der Waals surface area (Å²) in [7, 11) is 0. The standard InChI is InChI=1S/C13H16N2O4/c1-13(2)6-7-14(8-13)10-5-3-4-9(12(16)17)11(10)15(18)19/h3-5H,6-8H2,1-2H3,(H,16,17). The zero-order valence-corrected chi connectivity index (χ0v) is 10.9. The molecule has 19 heavy (non-hydrogen) atoms. The molecule has 0 bridgehead atoms. The third-order valence-corrected chi connectivity index (χ3v) is 3.45. The number of carboxylic acids is 1. The van der Waals surface area contributed by atoms with E-state index in [2.05, 4.69) is 13.8 Å². The first kappa shape index (κ1) is 13.3. The van der Waals surface area contributed by atoms with Crippen LogP contribution in [-0.2, 0) is 0 Å². The van der Waals surface area contributed by atoms with Gasteiger partial charge in [-0.2, -0.15) is 0 Å². The van der Waals surface area contributed by atoms with Gasteiger partial charge < -0.3 is 10.0 Å². The summed E-state index contributed by atoms with van der Waals surface area (Å²) in [6.45, 7) is 5.59. The SMILES string of the molecule is CC1(C)CCN(c2cccc(C(=O)O)c2[N+](=O)[O-])C1. The lowest BCUT2D eigenvalue weighted by atomic mass is 9.93. The minimum absolute atomic E-state index is 0.0904. The fraction of sp³-hybridized carbons (Fsp3) is 0.462. The summed E-state index contributed by atoms with van der Waals surface area (Å²) >= 11 is 0. The van der Waals surface area contributed by atoms with E-state index in [1.54, 1.807) is 12.1 Å². The summed E-state index contributed by atoms with van der Waals surface area (Å²) in [5.41, 5.74) is -0.0806. The Hall–Kier alpha value is -2.11. The molecule has 0 radical (unpaired) electrons. The quantitative estimate of drug-likeness (QED) is 0.670. The van der Waals surface area contributed by atoms with Crippen molar-refractivity contribution < 1.29 is 14.8 Å². The first-order chi connectivity index (χ1) is 8.82. The maximum Gasteiger partial charge on any atom is 0.342 e. The monoisotopic (exact) mass is 264 g/mol. The Kier molecular flexibility index (Phi) is 3.18. The van der Waals surface area contributed by atoms with Crippen molar-refractivity contribution in [2.45, 2.75) is 20.3 Å². The molecule has 1 aromatic carbocycles. The molecule has 1 N–H and O–H groups in total. The van der Waals surface area contributed by atoms with Gasteiger partial charge in [0.25, 0.3) is 0 Å². The molecule has 0 aliphatic carbocycles. The lowest BCUT2D eigenvalue weighted by Crippen LogP contribution is -2.24. The molecule has 102 valence electrons. The average Bonchev–Trinajstić information content (AvgIpc) is 2.68. The summed E-state index contributed by atoms with van der Waals surface area (Å²) < 4.78 is 0. The van der Waals surface area contributed by atoms with Crippen LogP contribution in [0, 0.1) is 15.5 Å². The van der Waals surface area contributed by atoms with Crippen LogP contribution in [0.5, 0.6) is 0 Å². The van der Waals surface area contributed by atoms with Gasteiger partial charge in [-0.05, 0) is 24.0 Å². The highest BCUT2D eigenvalue weighted by Gasteiger charge is 2.34. The maximum absolute atomic E-state index is 11.2. The Labute approximate surface area is 110 Å². The Morgan fingerprint density at radius 2 is 2.16 bits per heavy atom. The molecule has 0 saturated carbocycles. The zero-order valence-electron chi connectivity index (χ0n) is 10.9. The summed E-state index contributed by atoms with van der Waals surface area (Å²) in [6, 6.07) is 4.44.